The van der Waals surface area contributed by atoms with Crippen LogP contribution in [0.1, 0.15) is 33.3 Å². The first-order chi connectivity index (χ1) is 8.84. The van der Waals surface area contributed by atoms with Gasteiger partial charge in [0.1, 0.15) is 24.7 Å². The van der Waals surface area contributed by atoms with Crippen LogP contribution in [0.25, 0.3) is 0 Å². The van der Waals surface area contributed by atoms with E-state index in [2.05, 4.69) is 20.8 Å². The van der Waals surface area contributed by atoms with E-state index in [1.54, 1.807) is 7.11 Å². The molecule has 0 bridgehead atoms. The molecule has 4 heteroatoms. The second kappa shape index (κ2) is 6.45. The third kappa shape index (κ3) is 4.81. The molecule has 0 N–H and O–H groups in total. The number of esters is 1. The molecule has 0 heterocycles. The van der Waals surface area contributed by atoms with Gasteiger partial charge in [-0.25, -0.2) is 0 Å². The topological polar surface area (TPSA) is 44.8 Å². The molecule has 0 unspecified atom stereocenters. The Morgan fingerprint density at radius 1 is 1.21 bits per heavy atom. The average molecular weight is 266 g/mol. The zero-order valence-corrected chi connectivity index (χ0v) is 12.3. The van der Waals surface area contributed by atoms with Gasteiger partial charge >= 0.3 is 5.97 Å². The minimum atomic E-state index is -0.297. The molecule has 0 amide bonds. The number of benzene rings is 1. The highest BCUT2D eigenvalue weighted by molar-refractivity contribution is 5.65. The Bertz CT molecular complexity index is 432. The van der Waals surface area contributed by atoms with Crippen LogP contribution in [-0.2, 0) is 14.9 Å². The molecule has 0 aliphatic rings. The van der Waals surface area contributed by atoms with Crippen molar-refractivity contribution >= 4 is 5.97 Å². The van der Waals surface area contributed by atoms with Gasteiger partial charge in [0.15, 0.2) is 0 Å². The fourth-order valence-electron chi connectivity index (χ4n) is 1.69. The molecule has 1 rings (SSSR count). The van der Waals surface area contributed by atoms with Gasteiger partial charge in [0.25, 0.3) is 0 Å². The Morgan fingerprint density at radius 2 is 1.89 bits per heavy atom. The first-order valence-corrected chi connectivity index (χ1v) is 6.29. The molecule has 0 saturated heterocycles. The van der Waals surface area contributed by atoms with Crippen LogP contribution in [-0.4, -0.2) is 26.3 Å². The van der Waals surface area contributed by atoms with Crippen LogP contribution in [0.5, 0.6) is 11.5 Å². The van der Waals surface area contributed by atoms with E-state index in [0.29, 0.717) is 6.61 Å². The number of ether oxygens (including phenoxy) is 3. The first kappa shape index (κ1) is 15.3. The molecule has 106 valence electrons. The third-order valence-electron chi connectivity index (χ3n) is 2.64. The summed E-state index contributed by atoms with van der Waals surface area (Å²) in [6.07, 6.45) is 0. The van der Waals surface area contributed by atoms with Gasteiger partial charge in [-0.3, -0.25) is 4.79 Å². The van der Waals surface area contributed by atoms with Crippen molar-refractivity contribution in [2.45, 2.75) is 33.1 Å². The summed E-state index contributed by atoms with van der Waals surface area (Å²) in [4.78, 5) is 10.7. The van der Waals surface area contributed by atoms with Crippen molar-refractivity contribution in [3.05, 3.63) is 23.8 Å². The Kier molecular flexibility index (Phi) is 5.21. The van der Waals surface area contributed by atoms with Gasteiger partial charge in [0.05, 0.1) is 7.11 Å². The van der Waals surface area contributed by atoms with E-state index >= 15 is 0 Å². The van der Waals surface area contributed by atoms with Crippen LogP contribution in [0, 0.1) is 0 Å². The molecule has 4 nitrogen and oxygen atoms in total. The highest BCUT2D eigenvalue weighted by Crippen LogP contribution is 2.34. The second-order valence-corrected chi connectivity index (χ2v) is 5.30. The largest absolute Gasteiger partial charge is 0.497 e. The molecule has 0 radical (unpaired) electrons. The Labute approximate surface area is 114 Å². The van der Waals surface area contributed by atoms with E-state index < -0.39 is 0 Å². The Balaban J connectivity index is 2.79. The SMILES string of the molecule is COc1ccc(OCCOC(C)=O)c(C(C)(C)C)c1. The van der Waals surface area contributed by atoms with E-state index in [1.807, 2.05) is 18.2 Å². The standard InChI is InChI=1S/C15H22O4/c1-11(16)18-8-9-19-14-7-6-12(17-5)10-13(14)15(2,3)4/h6-7,10H,8-9H2,1-5H3. The molecule has 0 spiro atoms. The van der Waals surface area contributed by atoms with Crippen molar-refractivity contribution in [2.75, 3.05) is 20.3 Å². The van der Waals surface area contributed by atoms with Gasteiger partial charge in [0.2, 0.25) is 0 Å². The summed E-state index contributed by atoms with van der Waals surface area (Å²) in [7, 11) is 1.64. The second-order valence-electron chi connectivity index (χ2n) is 5.30. The van der Waals surface area contributed by atoms with Crippen molar-refractivity contribution < 1.29 is 19.0 Å². The molecule has 0 aliphatic carbocycles. The molecule has 0 saturated carbocycles. The van der Waals surface area contributed by atoms with Crippen LogP contribution >= 0.6 is 0 Å². The molecule has 0 atom stereocenters. The lowest BCUT2D eigenvalue weighted by Crippen LogP contribution is -2.16. The lowest BCUT2D eigenvalue weighted by atomic mass is 9.86. The van der Waals surface area contributed by atoms with E-state index in [4.69, 9.17) is 14.2 Å². The van der Waals surface area contributed by atoms with Gasteiger partial charge in [0, 0.05) is 12.5 Å². The van der Waals surface area contributed by atoms with E-state index in [-0.39, 0.29) is 18.0 Å². The smallest absolute Gasteiger partial charge is 0.302 e. The van der Waals surface area contributed by atoms with E-state index in [1.165, 1.54) is 6.92 Å². The molecular weight excluding hydrogens is 244 g/mol. The molecule has 0 aliphatic heterocycles. The molecule has 0 aromatic heterocycles. The third-order valence-corrected chi connectivity index (χ3v) is 2.64. The number of methoxy groups -OCH3 is 1. The normalized spacial score (nSPS) is 11.0. The number of hydrogen-bond acceptors (Lipinski definition) is 4. The fourth-order valence-corrected chi connectivity index (χ4v) is 1.69. The maximum Gasteiger partial charge on any atom is 0.302 e. The van der Waals surface area contributed by atoms with Gasteiger partial charge in [-0.1, -0.05) is 20.8 Å². The van der Waals surface area contributed by atoms with Gasteiger partial charge in [-0.15, -0.1) is 0 Å². The van der Waals surface area contributed by atoms with Crippen LogP contribution < -0.4 is 9.47 Å². The molecule has 1 aromatic rings. The molecule has 19 heavy (non-hydrogen) atoms. The maximum absolute atomic E-state index is 10.7. The van der Waals surface area contributed by atoms with Crippen LogP contribution in [0.4, 0.5) is 0 Å². The van der Waals surface area contributed by atoms with Crippen molar-refractivity contribution in [1.29, 1.82) is 0 Å². The molecule has 0 fully saturated rings. The van der Waals surface area contributed by atoms with Crippen molar-refractivity contribution in [3.8, 4) is 11.5 Å². The summed E-state index contributed by atoms with van der Waals surface area (Å²) in [5.74, 6) is 1.30. The molecular formula is C15H22O4. The minimum absolute atomic E-state index is 0.0503. The summed E-state index contributed by atoms with van der Waals surface area (Å²) in [5, 5.41) is 0. The molecule has 1 aromatic carbocycles. The fraction of sp³-hybridized carbons (Fsp3) is 0.533. The van der Waals surface area contributed by atoms with E-state index in [0.717, 1.165) is 17.1 Å². The van der Waals surface area contributed by atoms with Crippen LogP contribution in [0.3, 0.4) is 0 Å². The monoisotopic (exact) mass is 266 g/mol. The predicted octanol–water partition coefficient (Wildman–Crippen LogP) is 2.93. The summed E-state index contributed by atoms with van der Waals surface area (Å²) >= 11 is 0. The number of rotatable bonds is 5. The van der Waals surface area contributed by atoms with Crippen molar-refractivity contribution in [3.63, 3.8) is 0 Å². The number of carbonyl (C=O) groups is 1. The van der Waals surface area contributed by atoms with Crippen LogP contribution in [0.2, 0.25) is 0 Å². The van der Waals surface area contributed by atoms with Crippen LogP contribution in [0.15, 0.2) is 18.2 Å². The maximum atomic E-state index is 10.7. The lowest BCUT2D eigenvalue weighted by Gasteiger charge is -2.23. The highest BCUT2D eigenvalue weighted by Gasteiger charge is 2.20. The van der Waals surface area contributed by atoms with Gasteiger partial charge in [-0.2, -0.15) is 0 Å². The summed E-state index contributed by atoms with van der Waals surface area (Å²) in [6.45, 7) is 8.32. The number of hydrogen-bond donors (Lipinski definition) is 0. The quantitative estimate of drug-likeness (QED) is 0.607. The minimum Gasteiger partial charge on any atom is -0.497 e. The lowest BCUT2D eigenvalue weighted by molar-refractivity contribution is -0.141. The summed E-state index contributed by atoms with van der Waals surface area (Å²) in [6, 6.07) is 5.71. The van der Waals surface area contributed by atoms with Crippen molar-refractivity contribution in [2.24, 2.45) is 0 Å². The summed E-state index contributed by atoms with van der Waals surface area (Å²) < 4.78 is 15.8. The summed E-state index contributed by atoms with van der Waals surface area (Å²) in [5.41, 5.74) is 1.01. The van der Waals surface area contributed by atoms with E-state index in [9.17, 15) is 4.79 Å². The Morgan fingerprint density at radius 3 is 2.42 bits per heavy atom. The predicted molar refractivity (Wildman–Crippen MR) is 73.8 cm³/mol. The Hall–Kier alpha value is -1.71. The highest BCUT2D eigenvalue weighted by atomic mass is 16.6. The van der Waals surface area contributed by atoms with Gasteiger partial charge in [-0.05, 0) is 23.6 Å². The zero-order chi connectivity index (χ0) is 14.5. The first-order valence-electron chi connectivity index (χ1n) is 6.29. The number of carbonyl (C=O) groups excluding carboxylic acids is 1. The van der Waals surface area contributed by atoms with Crippen molar-refractivity contribution in [1.82, 2.24) is 0 Å². The zero-order valence-electron chi connectivity index (χ0n) is 12.3. The average Bonchev–Trinajstić information content (AvgIpc) is 2.33. The van der Waals surface area contributed by atoms with Gasteiger partial charge < -0.3 is 14.2 Å².